The molecule has 9 nitrogen and oxygen atoms in total. The zero-order chi connectivity index (χ0) is 25.0. The quantitative estimate of drug-likeness (QED) is 0.350. The van der Waals surface area contributed by atoms with Crippen molar-refractivity contribution in [2.24, 2.45) is 5.92 Å². The maximum atomic E-state index is 13.3. The molecule has 0 radical (unpaired) electrons. The molecule has 0 N–H and O–H groups in total. The minimum absolute atomic E-state index is 0.222. The lowest BCUT2D eigenvalue weighted by atomic mass is 10.0. The van der Waals surface area contributed by atoms with Crippen molar-refractivity contribution in [3.05, 3.63) is 68.5 Å². The molecule has 182 valence electrons. The average molecular weight is 488 g/mol. The highest BCUT2D eigenvalue weighted by atomic mass is 31.2. The van der Waals surface area contributed by atoms with Crippen molar-refractivity contribution in [3.8, 4) is 11.6 Å². The van der Waals surface area contributed by atoms with Gasteiger partial charge in [0.25, 0.3) is 5.56 Å². The van der Waals surface area contributed by atoms with E-state index in [1.165, 1.54) is 17.7 Å². The molecular weight excluding hydrogens is 459 g/mol. The number of benzene rings is 1. The van der Waals surface area contributed by atoms with Crippen molar-refractivity contribution in [2.75, 3.05) is 13.3 Å². The number of esters is 1. The summed E-state index contributed by atoms with van der Waals surface area (Å²) in [5.41, 5.74) is 2.75. The van der Waals surface area contributed by atoms with E-state index in [0.717, 1.165) is 10.1 Å². The Labute approximate surface area is 198 Å². The Morgan fingerprint density at radius 3 is 2.50 bits per heavy atom. The average Bonchev–Trinajstić information content (AvgIpc) is 3.06. The van der Waals surface area contributed by atoms with Crippen LogP contribution in [0.4, 0.5) is 0 Å². The summed E-state index contributed by atoms with van der Waals surface area (Å²) in [5, 5.41) is 0. The van der Waals surface area contributed by atoms with Gasteiger partial charge in [-0.1, -0.05) is 43.2 Å². The van der Waals surface area contributed by atoms with Crippen molar-refractivity contribution in [3.63, 3.8) is 0 Å². The number of carbonyl (C=O) groups is 1. The van der Waals surface area contributed by atoms with Crippen LogP contribution in [-0.2, 0) is 36.9 Å². The van der Waals surface area contributed by atoms with Crippen LogP contribution >= 0.6 is 7.14 Å². The molecule has 0 unspecified atom stereocenters. The Morgan fingerprint density at radius 1 is 1.21 bits per heavy atom. The molecule has 1 aromatic heterocycles. The van der Waals surface area contributed by atoms with E-state index in [1.807, 2.05) is 30.3 Å². The summed E-state index contributed by atoms with van der Waals surface area (Å²) in [5.74, 6) is 1.90. The van der Waals surface area contributed by atoms with Crippen molar-refractivity contribution < 1.29 is 23.6 Å². The Morgan fingerprint density at radius 2 is 1.88 bits per heavy atom. The standard InChI is InChI=1S/C24H29N2O7P/c1-16-13-25(24(29)26(22(16)28)15-31-14-19-9-7-6-8-10-19)23-21(32-18(3)27)17(2)20(33-23)11-12-34(4,5)30/h6-10,13,17,20-21,23H,14-15H2,1-5H3/t17-,20-,21-,23-/m1/s1. The molecule has 1 saturated heterocycles. The van der Waals surface area contributed by atoms with Gasteiger partial charge >= 0.3 is 11.7 Å². The van der Waals surface area contributed by atoms with Gasteiger partial charge < -0.3 is 18.8 Å². The van der Waals surface area contributed by atoms with Crippen molar-refractivity contribution in [1.82, 2.24) is 9.13 Å². The molecule has 0 spiro atoms. The largest absolute Gasteiger partial charge is 0.457 e. The first-order valence-electron chi connectivity index (χ1n) is 10.8. The second-order valence-electron chi connectivity index (χ2n) is 8.69. The minimum Gasteiger partial charge on any atom is -0.457 e. The van der Waals surface area contributed by atoms with E-state index in [4.69, 9.17) is 14.2 Å². The fourth-order valence-electron chi connectivity index (χ4n) is 3.63. The van der Waals surface area contributed by atoms with Crippen LogP contribution in [0.1, 0.15) is 31.2 Å². The molecule has 0 bridgehead atoms. The van der Waals surface area contributed by atoms with E-state index in [0.29, 0.717) is 5.56 Å². The third-order valence-corrected chi connectivity index (χ3v) is 5.98. The molecule has 1 aliphatic heterocycles. The van der Waals surface area contributed by atoms with E-state index >= 15 is 0 Å². The molecule has 3 rings (SSSR count). The number of rotatable bonds is 6. The highest BCUT2D eigenvalue weighted by Crippen LogP contribution is 2.37. The van der Waals surface area contributed by atoms with Crippen molar-refractivity contribution >= 4 is 13.1 Å². The zero-order valence-corrected chi connectivity index (χ0v) is 20.8. The lowest BCUT2D eigenvalue weighted by molar-refractivity contribution is -0.153. The maximum absolute atomic E-state index is 13.3. The van der Waals surface area contributed by atoms with Gasteiger partial charge in [0.05, 0.1) is 6.61 Å². The van der Waals surface area contributed by atoms with Gasteiger partial charge in [0, 0.05) is 24.6 Å². The normalized spacial score (nSPS) is 22.1. The summed E-state index contributed by atoms with van der Waals surface area (Å²) in [7, 11) is -2.63. The van der Waals surface area contributed by atoms with Crippen molar-refractivity contribution in [1.29, 1.82) is 0 Å². The highest BCUT2D eigenvalue weighted by molar-refractivity contribution is 7.67. The molecule has 0 saturated carbocycles. The van der Waals surface area contributed by atoms with Crippen LogP contribution in [0, 0.1) is 24.4 Å². The second kappa shape index (κ2) is 10.6. The topological polar surface area (TPSA) is 106 Å². The summed E-state index contributed by atoms with van der Waals surface area (Å²) < 4.78 is 31.4. The van der Waals surface area contributed by atoms with Crippen molar-refractivity contribution in [2.45, 2.75) is 52.5 Å². The lowest BCUT2D eigenvalue weighted by Crippen LogP contribution is -2.44. The molecule has 2 heterocycles. The monoisotopic (exact) mass is 488 g/mol. The highest BCUT2D eigenvalue weighted by Gasteiger charge is 2.45. The molecule has 1 aromatic carbocycles. The number of hydrogen-bond donors (Lipinski definition) is 0. The summed E-state index contributed by atoms with van der Waals surface area (Å²) >= 11 is 0. The Bertz CT molecular complexity index is 1270. The minimum atomic E-state index is -2.63. The number of hydrogen-bond acceptors (Lipinski definition) is 7. The molecule has 4 atom stereocenters. The fraction of sp³-hybridized carbons (Fsp3) is 0.458. The van der Waals surface area contributed by atoms with Crippen LogP contribution in [0.15, 0.2) is 46.1 Å². The molecule has 10 heteroatoms. The Hall–Kier alpha value is -2.92. The molecule has 2 aromatic rings. The number of aromatic nitrogens is 2. The summed E-state index contributed by atoms with van der Waals surface area (Å²) in [6, 6.07) is 9.37. The first kappa shape index (κ1) is 25.7. The predicted octanol–water partition coefficient (Wildman–Crippen LogP) is 2.54. The summed E-state index contributed by atoms with van der Waals surface area (Å²) in [6.07, 6.45) is -1.19. The fourth-order valence-corrected chi connectivity index (χ4v) is 4.07. The molecule has 0 amide bonds. The predicted molar refractivity (Wildman–Crippen MR) is 127 cm³/mol. The van der Waals surface area contributed by atoms with E-state index in [-0.39, 0.29) is 13.3 Å². The van der Waals surface area contributed by atoms with Crippen LogP contribution in [0.5, 0.6) is 0 Å². The molecule has 1 aliphatic rings. The van der Waals surface area contributed by atoms with E-state index in [9.17, 15) is 18.9 Å². The van der Waals surface area contributed by atoms with Crippen LogP contribution in [0.2, 0.25) is 0 Å². The van der Waals surface area contributed by atoms with Gasteiger partial charge in [-0.05, 0) is 31.5 Å². The van der Waals surface area contributed by atoms with Gasteiger partial charge in [-0.2, -0.15) is 0 Å². The Balaban J connectivity index is 1.94. The Kier molecular flexibility index (Phi) is 7.98. The number of carbonyl (C=O) groups excluding carboxylic acids is 1. The van der Waals surface area contributed by atoms with Gasteiger partial charge in [-0.25, -0.2) is 9.36 Å². The lowest BCUT2D eigenvalue weighted by Gasteiger charge is -2.23. The van der Waals surface area contributed by atoms with Gasteiger partial charge in [0.1, 0.15) is 20.0 Å². The first-order chi connectivity index (χ1) is 16.0. The van der Waals surface area contributed by atoms with E-state index < -0.39 is 48.7 Å². The van der Waals surface area contributed by atoms with Gasteiger partial charge in [0.15, 0.2) is 12.3 Å². The SMILES string of the molecule is CC(=O)O[C@@H]1[C@H](C)[C@@H](C#CP(C)(C)=O)O[C@H]1n1cc(C)c(=O)n(COCc2ccccc2)c1=O. The molecule has 34 heavy (non-hydrogen) atoms. The smallest absolute Gasteiger partial charge is 0.335 e. The van der Waals surface area contributed by atoms with Crippen LogP contribution < -0.4 is 11.2 Å². The van der Waals surface area contributed by atoms with Crippen LogP contribution in [0.3, 0.4) is 0 Å². The third-order valence-electron chi connectivity index (χ3n) is 5.31. The zero-order valence-electron chi connectivity index (χ0n) is 19.9. The maximum Gasteiger partial charge on any atom is 0.335 e. The third kappa shape index (κ3) is 6.15. The summed E-state index contributed by atoms with van der Waals surface area (Å²) in [6.45, 7) is 7.67. The summed E-state index contributed by atoms with van der Waals surface area (Å²) in [4.78, 5) is 37.7. The first-order valence-corrected chi connectivity index (χ1v) is 13.4. The van der Waals surface area contributed by atoms with Gasteiger partial charge in [-0.15, -0.1) is 0 Å². The molecule has 1 fully saturated rings. The number of ether oxygens (including phenoxy) is 3. The number of nitrogens with zero attached hydrogens (tertiary/aromatic N) is 2. The van der Waals surface area contributed by atoms with E-state index in [2.05, 4.69) is 11.6 Å². The van der Waals surface area contributed by atoms with Gasteiger partial charge in [0.2, 0.25) is 0 Å². The van der Waals surface area contributed by atoms with Gasteiger partial charge in [-0.3, -0.25) is 14.2 Å². The molecular formula is C24H29N2O7P. The number of aryl methyl sites for hydroxylation is 1. The van der Waals surface area contributed by atoms with Crippen LogP contribution in [-0.4, -0.2) is 40.6 Å². The van der Waals surface area contributed by atoms with E-state index in [1.54, 1.807) is 27.2 Å². The van der Waals surface area contributed by atoms with Crippen LogP contribution in [0.25, 0.3) is 0 Å². The second-order valence-corrected chi connectivity index (χ2v) is 11.6. The molecule has 0 aliphatic carbocycles.